The standard InChI is InChI=1S/C13H11IN2O3S/c1-19-11(17)6-8-7-20-13(15-8)16-12(18)9-4-2-3-5-10(9)14/h2-5,7H,6H2,1H3,(H,15,16,18). The average Bonchev–Trinajstić information content (AvgIpc) is 2.86. The van der Waals surface area contributed by atoms with Gasteiger partial charge in [-0.15, -0.1) is 11.3 Å². The number of esters is 1. The van der Waals surface area contributed by atoms with Gasteiger partial charge >= 0.3 is 5.97 Å². The molecule has 1 aromatic carbocycles. The topological polar surface area (TPSA) is 68.3 Å². The lowest BCUT2D eigenvalue weighted by Crippen LogP contribution is -2.13. The monoisotopic (exact) mass is 402 g/mol. The van der Waals surface area contributed by atoms with Gasteiger partial charge in [-0.05, 0) is 34.7 Å². The van der Waals surface area contributed by atoms with Gasteiger partial charge < -0.3 is 4.74 Å². The molecule has 1 heterocycles. The van der Waals surface area contributed by atoms with Crippen molar-refractivity contribution in [2.24, 2.45) is 0 Å². The second kappa shape index (κ2) is 6.80. The number of carbonyl (C=O) groups excluding carboxylic acids is 2. The molecule has 0 aliphatic rings. The molecule has 2 rings (SSSR count). The molecule has 1 amide bonds. The third-order valence-electron chi connectivity index (χ3n) is 2.44. The predicted molar refractivity (Wildman–Crippen MR) is 84.9 cm³/mol. The van der Waals surface area contributed by atoms with Crippen molar-refractivity contribution in [3.63, 3.8) is 0 Å². The Morgan fingerprint density at radius 2 is 2.15 bits per heavy atom. The molecule has 0 saturated carbocycles. The molecule has 0 saturated heterocycles. The van der Waals surface area contributed by atoms with Gasteiger partial charge in [0.2, 0.25) is 0 Å². The minimum Gasteiger partial charge on any atom is -0.469 e. The zero-order valence-electron chi connectivity index (χ0n) is 10.6. The highest BCUT2D eigenvalue weighted by Crippen LogP contribution is 2.18. The highest BCUT2D eigenvalue weighted by atomic mass is 127. The van der Waals surface area contributed by atoms with Crippen molar-refractivity contribution in [2.75, 3.05) is 12.4 Å². The van der Waals surface area contributed by atoms with E-state index in [0.717, 1.165) is 3.57 Å². The first kappa shape index (κ1) is 14.9. The molecule has 0 radical (unpaired) electrons. The molecule has 0 atom stereocenters. The number of aromatic nitrogens is 1. The number of hydrogen-bond donors (Lipinski definition) is 1. The summed E-state index contributed by atoms with van der Waals surface area (Å²) in [5.74, 6) is -0.570. The van der Waals surface area contributed by atoms with Crippen LogP contribution in [0.1, 0.15) is 16.1 Å². The fourth-order valence-corrected chi connectivity index (χ4v) is 2.81. The van der Waals surface area contributed by atoms with Crippen LogP contribution in [0.15, 0.2) is 29.6 Å². The first-order valence-electron chi connectivity index (χ1n) is 5.67. The number of nitrogens with zero attached hydrogens (tertiary/aromatic N) is 1. The van der Waals surface area contributed by atoms with E-state index in [4.69, 9.17) is 0 Å². The van der Waals surface area contributed by atoms with Gasteiger partial charge in [0.15, 0.2) is 5.13 Å². The van der Waals surface area contributed by atoms with Gasteiger partial charge in [0.1, 0.15) is 0 Å². The Balaban J connectivity index is 2.05. The van der Waals surface area contributed by atoms with E-state index in [1.165, 1.54) is 18.4 Å². The number of methoxy groups -OCH3 is 1. The van der Waals surface area contributed by atoms with Crippen molar-refractivity contribution < 1.29 is 14.3 Å². The van der Waals surface area contributed by atoms with Crippen LogP contribution in [0.4, 0.5) is 5.13 Å². The van der Waals surface area contributed by atoms with Crippen LogP contribution < -0.4 is 5.32 Å². The largest absolute Gasteiger partial charge is 0.469 e. The summed E-state index contributed by atoms with van der Waals surface area (Å²) in [4.78, 5) is 27.4. The molecule has 0 aliphatic carbocycles. The number of benzene rings is 1. The van der Waals surface area contributed by atoms with Crippen LogP contribution in [0.25, 0.3) is 0 Å². The van der Waals surface area contributed by atoms with Crippen molar-refractivity contribution in [3.8, 4) is 0 Å². The van der Waals surface area contributed by atoms with Gasteiger partial charge in [0.25, 0.3) is 5.91 Å². The third kappa shape index (κ3) is 3.76. The van der Waals surface area contributed by atoms with Crippen molar-refractivity contribution in [1.29, 1.82) is 0 Å². The number of rotatable bonds is 4. The summed E-state index contributed by atoms with van der Waals surface area (Å²) < 4.78 is 5.44. The minimum absolute atomic E-state index is 0.103. The Labute approximate surface area is 133 Å². The second-order valence-electron chi connectivity index (χ2n) is 3.83. The minimum atomic E-state index is -0.356. The SMILES string of the molecule is COC(=O)Cc1csc(NC(=O)c2ccccc2I)n1. The van der Waals surface area contributed by atoms with Crippen molar-refractivity contribution in [3.05, 3.63) is 44.5 Å². The predicted octanol–water partition coefficient (Wildman–Crippen LogP) is 2.72. The quantitative estimate of drug-likeness (QED) is 0.631. The Morgan fingerprint density at radius 3 is 2.85 bits per heavy atom. The molecule has 2 aromatic rings. The number of thiazole rings is 1. The van der Waals surface area contributed by atoms with Crippen molar-refractivity contribution in [2.45, 2.75) is 6.42 Å². The Bertz CT molecular complexity index is 642. The molecule has 20 heavy (non-hydrogen) atoms. The highest BCUT2D eigenvalue weighted by molar-refractivity contribution is 14.1. The number of carbonyl (C=O) groups is 2. The van der Waals surface area contributed by atoms with E-state index >= 15 is 0 Å². The number of halogens is 1. The normalized spacial score (nSPS) is 10.1. The summed E-state index contributed by atoms with van der Waals surface area (Å²) in [7, 11) is 1.33. The summed E-state index contributed by atoms with van der Waals surface area (Å²) in [6.45, 7) is 0. The smallest absolute Gasteiger partial charge is 0.311 e. The van der Waals surface area contributed by atoms with E-state index < -0.39 is 0 Å². The first-order chi connectivity index (χ1) is 9.60. The molecule has 0 fully saturated rings. The summed E-state index contributed by atoms with van der Waals surface area (Å²) >= 11 is 3.38. The van der Waals surface area contributed by atoms with Crippen LogP contribution in [0.3, 0.4) is 0 Å². The number of hydrogen-bond acceptors (Lipinski definition) is 5. The molecule has 0 aliphatic heterocycles. The van der Waals surface area contributed by atoms with Gasteiger partial charge in [-0.3, -0.25) is 14.9 Å². The molecular formula is C13H11IN2O3S. The Kier molecular flexibility index (Phi) is 5.07. The lowest BCUT2D eigenvalue weighted by molar-refractivity contribution is -0.139. The van der Waals surface area contributed by atoms with E-state index in [-0.39, 0.29) is 18.3 Å². The number of anilines is 1. The number of ether oxygens (including phenoxy) is 1. The first-order valence-corrected chi connectivity index (χ1v) is 7.63. The molecule has 7 heteroatoms. The van der Waals surface area contributed by atoms with Gasteiger partial charge in [0.05, 0.1) is 24.8 Å². The Morgan fingerprint density at radius 1 is 1.40 bits per heavy atom. The highest BCUT2D eigenvalue weighted by Gasteiger charge is 2.12. The lowest BCUT2D eigenvalue weighted by atomic mass is 10.2. The molecule has 0 unspecified atom stereocenters. The molecule has 5 nitrogen and oxygen atoms in total. The van der Waals surface area contributed by atoms with Gasteiger partial charge in [-0.1, -0.05) is 12.1 Å². The van der Waals surface area contributed by atoms with Crippen LogP contribution in [0, 0.1) is 3.57 Å². The molecule has 1 aromatic heterocycles. The Hall–Kier alpha value is -1.48. The van der Waals surface area contributed by atoms with Crippen LogP contribution in [0.2, 0.25) is 0 Å². The second-order valence-corrected chi connectivity index (χ2v) is 5.85. The molecule has 1 N–H and O–H groups in total. The van der Waals surface area contributed by atoms with Gasteiger partial charge in [0, 0.05) is 8.95 Å². The average molecular weight is 402 g/mol. The number of nitrogens with one attached hydrogen (secondary N) is 1. The zero-order chi connectivity index (χ0) is 14.5. The van der Waals surface area contributed by atoms with E-state index in [1.54, 1.807) is 11.4 Å². The van der Waals surface area contributed by atoms with Crippen LogP contribution >= 0.6 is 33.9 Å². The maximum absolute atomic E-state index is 12.1. The van der Waals surface area contributed by atoms with Crippen LogP contribution in [0.5, 0.6) is 0 Å². The summed E-state index contributed by atoms with van der Waals surface area (Å²) in [6, 6.07) is 7.29. The maximum Gasteiger partial charge on any atom is 0.311 e. The third-order valence-corrected chi connectivity index (χ3v) is 4.19. The van der Waals surface area contributed by atoms with Crippen LogP contribution in [-0.4, -0.2) is 24.0 Å². The van der Waals surface area contributed by atoms with Gasteiger partial charge in [-0.2, -0.15) is 0 Å². The van der Waals surface area contributed by atoms with Crippen molar-refractivity contribution >= 4 is 50.9 Å². The van der Waals surface area contributed by atoms with Gasteiger partial charge in [-0.25, -0.2) is 4.98 Å². The van der Waals surface area contributed by atoms with E-state index in [1.807, 2.05) is 18.2 Å². The van der Waals surface area contributed by atoms with Crippen LogP contribution in [-0.2, 0) is 16.0 Å². The maximum atomic E-state index is 12.1. The van der Waals surface area contributed by atoms with Crippen molar-refractivity contribution in [1.82, 2.24) is 4.98 Å². The molecule has 104 valence electrons. The zero-order valence-corrected chi connectivity index (χ0v) is 13.5. The number of amides is 1. The molecule has 0 spiro atoms. The fourth-order valence-electron chi connectivity index (χ4n) is 1.48. The molecular weight excluding hydrogens is 391 g/mol. The van der Waals surface area contributed by atoms with E-state index in [2.05, 4.69) is 37.6 Å². The van der Waals surface area contributed by atoms with E-state index in [9.17, 15) is 9.59 Å². The summed E-state index contributed by atoms with van der Waals surface area (Å²) in [6.07, 6.45) is 0.103. The van der Waals surface area contributed by atoms with E-state index in [0.29, 0.717) is 16.4 Å². The fraction of sp³-hybridized carbons (Fsp3) is 0.154. The summed E-state index contributed by atoms with van der Waals surface area (Å²) in [5, 5.41) is 4.91. The molecule has 0 bridgehead atoms. The summed E-state index contributed by atoms with van der Waals surface area (Å²) in [5.41, 5.74) is 1.18. The lowest BCUT2D eigenvalue weighted by Gasteiger charge is -2.03.